The van der Waals surface area contributed by atoms with E-state index in [2.05, 4.69) is 30.7 Å². The van der Waals surface area contributed by atoms with E-state index in [0.29, 0.717) is 28.9 Å². The summed E-state index contributed by atoms with van der Waals surface area (Å²) in [5, 5.41) is 65.4. The van der Waals surface area contributed by atoms with Crippen molar-refractivity contribution in [1.82, 2.24) is 0 Å². The number of non-ortho nitro benzene ring substituents is 1. The average molecular weight is 879 g/mol. The third-order valence-electron chi connectivity index (χ3n) is 7.99. The Morgan fingerprint density at radius 1 is 0.617 bits per heavy atom. The molecule has 4 N–H and O–H groups in total. The van der Waals surface area contributed by atoms with Gasteiger partial charge in [0.1, 0.15) is 37.4 Å². The molecule has 6 aromatic rings. The largest absolute Gasteiger partial charge is 1.00 e. The second-order valence-corrected chi connectivity index (χ2v) is 14.4. The van der Waals surface area contributed by atoms with Gasteiger partial charge < -0.3 is 35.0 Å². The Hall–Kier alpha value is -4.53. The van der Waals surface area contributed by atoms with Crippen molar-refractivity contribution in [2.24, 2.45) is 30.7 Å². The van der Waals surface area contributed by atoms with Gasteiger partial charge in [0.2, 0.25) is 0 Å². The van der Waals surface area contributed by atoms with Crippen molar-refractivity contribution in [1.29, 1.82) is 0 Å². The Morgan fingerprint density at radius 3 is 1.50 bits per heavy atom. The minimum atomic E-state index is -5.43. The number of phenolic OH excluding ortho intramolecular Hbond substituents is 2. The predicted octanol–water partition coefficient (Wildman–Crippen LogP) is -2.16. The van der Waals surface area contributed by atoms with Gasteiger partial charge in [-0.05, 0) is 83.2 Å². The summed E-state index contributed by atoms with van der Waals surface area (Å²) in [4.78, 5) is 19.4. The van der Waals surface area contributed by atoms with E-state index in [1.807, 2.05) is 0 Å². The Bertz CT molecular complexity index is 2940. The third-order valence-corrected chi connectivity index (χ3v) is 9.69. The maximum atomic E-state index is 12.3. The molecule has 0 atom stereocenters. The average Bonchev–Trinajstić information content (AvgIpc) is 3.16. The number of anilines is 1. The molecule has 0 heterocycles. The number of fused-ring (bicyclic) bond motifs is 1. The number of aromatic hydroxyl groups is 2. The van der Waals surface area contributed by atoms with Crippen LogP contribution < -0.4 is 99.5 Å². The van der Waals surface area contributed by atoms with Gasteiger partial charge in [0, 0.05) is 17.7 Å². The van der Waals surface area contributed by atoms with Crippen LogP contribution in [-0.4, -0.2) is 47.0 Å². The van der Waals surface area contributed by atoms with Crippen molar-refractivity contribution in [2.45, 2.75) is 9.79 Å². The van der Waals surface area contributed by atoms with Crippen molar-refractivity contribution in [3.05, 3.63) is 119 Å². The molecule has 0 radical (unpaired) electrons. The molecule has 60 heavy (non-hydrogen) atoms. The fourth-order valence-corrected chi connectivity index (χ4v) is 6.58. The van der Waals surface area contributed by atoms with Crippen LogP contribution in [0.3, 0.4) is 0 Å². The summed E-state index contributed by atoms with van der Waals surface area (Å²) in [7, 11) is -10.8. The number of carboxylic acid groups (broad SMARTS) is 1. The molecule has 0 amide bonds. The third kappa shape index (κ3) is 11.4. The molecule has 6 aromatic carbocycles. The van der Waals surface area contributed by atoms with Crippen LogP contribution in [0.4, 0.5) is 45.5 Å². The van der Waals surface area contributed by atoms with Crippen LogP contribution in [0.25, 0.3) is 21.9 Å². The fourth-order valence-electron chi connectivity index (χ4n) is 5.28. The number of nitrogens with zero attached hydrogens (tertiary/aromatic N) is 7. The molecule has 0 aliphatic carbocycles. The van der Waals surface area contributed by atoms with Gasteiger partial charge in [0.25, 0.3) is 5.69 Å². The van der Waals surface area contributed by atoms with Gasteiger partial charge in [-0.1, -0.05) is 24.3 Å². The molecule has 0 fully saturated rings. The quantitative estimate of drug-likeness (QED) is 0.0312. The van der Waals surface area contributed by atoms with E-state index < -0.39 is 74.5 Å². The number of phenols is 2. The van der Waals surface area contributed by atoms with E-state index in [0.717, 1.165) is 18.2 Å². The van der Waals surface area contributed by atoms with Gasteiger partial charge in [0.15, 0.2) is 5.75 Å². The zero-order chi connectivity index (χ0) is 41.2. The van der Waals surface area contributed by atoms with Crippen molar-refractivity contribution < 1.29 is 140 Å². The molecule has 0 saturated heterocycles. The van der Waals surface area contributed by atoms with Gasteiger partial charge in [-0.3, -0.25) is 10.1 Å². The number of hydrogen-bond acceptors (Lipinski definition) is 19. The Balaban J connectivity index is 0.00000320. The first kappa shape index (κ1) is 49.8. The second kappa shape index (κ2) is 20.4. The minimum absolute atomic E-state index is 0. The SMILES string of the molecule is Nc1c(N=Nc2ccc([N+](=O)[O-])cc2)c(S(=O)(=O)[O-])cc2cc(S(=O)(=O)[O-])c(N=Nc3ccc(-c4ccc(N=Nc5ccc(O)cc5C(=O)[O-])cc4)cc3)c(O)c12.[Na+].[Na+].[Na+]. The molecule has 20 nitrogen and oxygen atoms in total. The first-order chi connectivity index (χ1) is 26.9. The summed E-state index contributed by atoms with van der Waals surface area (Å²) in [6.07, 6.45) is 0. The first-order valence-corrected chi connectivity index (χ1v) is 18.5. The van der Waals surface area contributed by atoms with Crippen LogP contribution in [-0.2, 0) is 20.2 Å². The molecule has 0 saturated carbocycles. The number of benzene rings is 6. The molecular formula is C35H21N8Na3O12S2. The zero-order valence-electron chi connectivity index (χ0n) is 31.3. The number of hydrogen-bond donors (Lipinski definition) is 3. The van der Waals surface area contributed by atoms with Crippen LogP contribution in [0.15, 0.2) is 144 Å². The van der Waals surface area contributed by atoms with Gasteiger partial charge in [-0.25, -0.2) is 16.8 Å². The van der Waals surface area contributed by atoms with Crippen molar-refractivity contribution in [3.8, 4) is 22.6 Å². The molecule has 288 valence electrons. The number of nitrogen functional groups attached to an aromatic ring is 1. The standard InChI is InChI=1S/C35H24N8O12S2.3Na/c36-31-30-20(15-28(56(50,51)52)32(31)41-38-23-9-11-24(12-10-23)43(48)49)16-29(57(53,54)55)33(34(30)45)42-39-22-7-3-19(4-8-22)18-1-5-21(6-2-18)37-40-27-14-13-25(44)17-26(27)35(46)47;;;/h1-17,44-45H,36H2,(H,46,47)(H,50,51,52)(H,53,54,55);;;/q;3*+1/p-3. The Labute approximate surface area is 405 Å². The smallest absolute Gasteiger partial charge is 0.744 e. The van der Waals surface area contributed by atoms with Crippen LogP contribution in [0, 0.1) is 10.1 Å². The molecular weight excluding hydrogens is 858 g/mol. The molecule has 0 unspecified atom stereocenters. The molecule has 0 aromatic heterocycles. The topological polar surface area (TPSA) is 338 Å². The summed E-state index contributed by atoms with van der Waals surface area (Å²) in [5.41, 5.74) is 5.04. The molecule has 0 spiro atoms. The summed E-state index contributed by atoms with van der Waals surface area (Å²) in [6.45, 7) is 0. The van der Waals surface area contributed by atoms with Gasteiger partial charge in [-0.15, -0.1) is 15.3 Å². The molecule has 0 bridgehead atoms. The maximum Gasteiger partial charge on any atom is 1.00 e. The number of carbonyl (C=O) groups is 1. The number of rotatable bonds is 11. The van der Waals surface area contributed by atoms with Crippen molar-refractivity contribution >= 4 is 82.5 Å². The zero-order valence-corrected chi connectivity index (χ0v) is 38.9. The van der Waals surface area contributed by atoms with Gasteiger partial charge in [-0.2, -0.15) is 15.3 Å². The van der Waals surface area contributed by atoms with Gasteiger partial charge in [0.05, 0.1) is 54.5 Å². The molecule has 6 rings (SSSR count). The Morgan fingerprint density at radius 2 is 1.05 bits per heavy atom. The van der Waals surface area contributed by atoms with E-state index in [9.17, 15) is 56.2 Å². The van der Waals surface area contributed by atoms with E-state index in [1.165, 1.54) is 36.4 Å². The summed E-state index contributed by atoms with van der Waals surface area (Å²) >= 11 is 0. The van der Waals surface area contributed by atoms with Crippen molar-refractivity contribution in [3.63, 3.8) is 0 Å². The number of nitro benzene ring substituents is 1. The first-order valence-electron chi connectivity index (χ1n) is 15.7. The molecule has 0 aliphatic heterocycles. The van der Waals surface area contributed by atoms with E-state index >= 15 is 0 Å². The van der Waals surface area contributed by atoms with Crippen LogP contribution in [0.5, 0.6) is 11.5 Å². The number of carboxylic acids is 1. The summed E-state index contributed by atoms with van der Waals surface area (Å²) in [6, 6.07) is 22.1. The van der Waals surface area contributed by atoms with Crippen LogP contribution >= 0.6 is 0 Å². The number of nitro groups is 1. The fraction of sp³-hybridized carbons (Fsp3) is 0. The van der Waals surface area contributed by atoms with Gasteiger partial charge >= 0.3 is 88.7 Å². The van der Waals surface area contributed by atoms with E-state index in [1.54, 1.807) is 36.4 Å². The number of aromatic carboxylic acids is 1. The van der Waals surface area contributed by atoms with Crippen LogP contribution in [0.1, 0.15) is 10.4 Å². The number of nitrogens with two attached hydrogens (primary N) is 1. The van der Waals surface area contributed by atoms with E-state index in [4.69, 9.17) is 5.73 Å². The minimum Gasteiger partial charge on any atom is -0.744 e. The predicted molar refractivity (Wildman–Crippen MR) is 196 cm³/mol. The molecule has 25 heteroatoms. The number of azo groups is 3. The monoisotopic (exact) mass is 878 g/mol. The van der Waals surface area contributed by atoms with Crippen molar-refractivity contribution in [2.75, 3.05) is 5.73 Å². The number of carbonyl (C=O) groups excluding carboxylic acids is 1. The second-order valence-electron chi connectivity index (χ2n) is 11.7. The molecule has 0 aliphatic rings. The summed E-state index contributed by atoms with van der Waals surface area (Å²) < 4.78 is 73.6. The van der Waals surface area contributed by atoms with Crippen LogP contribution in [0.2, 0.25) is 0 Å². The van der Waals surface area contributed by atoms with E-state index in [-0.39, 0.29) is 123 Å². The maximum absolute atomic E-state index is 12.3. The Kier molecular flexibility index (Phi) is 16.9. The summed E-state index contributed by atoms with van der Waals surface area (Å²) in [5.74, 6) is -2.85. The normalized spacial score (nSPS) is 11.6.